The molecule has 0 spiro atoms. The molecule has 0 aliphatic carbocycles. The van der Waals surface area contributed by atoms with E-state index in [-0.39, 0.29) is 17.3 Å². The maximum atomic E-state index is 15.0. The molecule has 164 valence electrons. The Hall–Kier alpha value is -3.24. The summed E-state index contributed by atoms with van der Waals surface area (Å²) in [5.74, 6) is 0.728. The van der Waals surface area contributed by atoms with Crippen molar-refractivity contribution in [3.63, 3.8) is 0 Å². The quantitative estimate of drug-likeness (QED) is 0.489. The van der Waals surface area contributed by atoms with Crippen LogP contribution in [0.15, 0.2) is 30.6 Å². The Labute approximate surface area is 188 Å². The summed E-state index contributed by atoms with van der Waals surface area (Å²) in [6, 6.07) is 5.40. The largest absolute Gasteiger partial charge is 0.383 e. The highest BCUT2D eigenvalue weighted by molar-refractivity contribution is 7.15. The van der Waals surface area contributed by atoms with Crippen molar-refractivity contribution in [2.45, 2.75) is 32.6 Å². The van der Waals surface area contributed by atoms with E-state index < -0.39 is 0 Å². The summed E-state index contributed by atoms with van der Waals surface area (Å²) in [5.41, 5.74) is 9.29. The molecule has 0 amide bonds. The maximum Gasteiger partial charge on any atom is 0.190 e. The number of hydrogen-bond donors (Lipinski definition) is 2. The van der Waals surface area contributed by atoms with E-state index >= 15 is 0 Å². The molecule has 3 N–H and O–H groups in total. The first kappa shape index (κ1) is 20.7. The molecular weight excluding hydrogens is 427 g/mol. The second-order valence-electron chi connectivity index (χ2n) is 8.00. The lowest BCUT2D eigenvalue weighted by atomic mass is 9.99. The van der Waals surface area contributed by atoms with Crippen LogP contribution in [0.2, 0.25) is 0 Å². The van der Waals surface area contributed by atoms with Crippen LogP contribution in [-0.4, -0.2) is 43.3 Å². The Morgan fingerprint density at radius 2 is 1.97 bits per heavy atom. The molecule has 5 rings (SSSR count). The van der Waals surface area contributed by atoms with Crippen molar-refractivity contribution in [3.05, 3.63) is 52.5 Å². The topological polar surface area (TPSA) is 107 Å². The van der Waals surface area contributed by atoms with Crippen LogP contribution in [0.3, 0.4) is 0 Å². The highest BCUT2D eigenvalue weighted by atomic mass is 32.1. The van der Waals surface area contributed by atoms with Gasteiger partial charge in [0.2, 0.25) is 0 Å². The van der Waals surface area contributed by atoms with E-state index in [1.807, 2.05) is 25.3 Å². The van der Waals surface area contributed by atoms with Crippen molar-refractivity contribution >= 4 is 17.2 Å². The van der Waals surface area contributed by atoms with Crippen LogP contribution < -0.4 is 11.1 Å². The number of thiazole rings is 1. The minimum atomic E-state index is -0.365. The zero-order valence-corrected chi connectivity index (χ0v) is 18.7. The van der Waals surface area contributed by atoms with E-state index in [0.717, 1.165) is 46.9 Å². The van der Waals surface area contributed by atoms with Crippen LogP contribution in [0, 0.1) is 19.7 Å². The number of piperidine rings is 1. The highest BCUT2D eigenvalue weighted by Crippen LogP contribution is 2.36. The molecule has 1 aliphatic heterocycles. The van der Waals surface area contributed by atoms with Crippen LogP contribution in [0.1, 0.15) is 34.9 Å². The number of nitrogens with two attached hydrogens (primary N) is 1. The minimum absolute atomic E-state index is 0.267. The molecule has 10 heteroatoms. The molecule has 4 heterocycles. The number of aryl methyl sites for hydroxylation is 1. The fourth-order valence-electron chi connectivity index (χ4n) is 3.92. The molecule has 4 aromatic rings. The van der Waals surface area contributed by atoms with Gasteiger partial charge in [0.25, 0.3) is 0 Å². The predicted octanol–water partition coefficient (Wildman–Crippen LogP) is 3.65. The third kappa shape index (κ3) is 3.65. The highest BCUT2D eigenvalue weighted by Gasteiger charge is 2.21. The first-order valence-corrected chi connectivity index (χ1v) is 11.3. The van der Waals surface area contributed by atoms with Crippen molar-refractivity contribution in [1.82, 2.24) is 35.5 Å². The van der Waals surface area contributed by atoms with Crippen LogP contribution in [0.25, 0.3) is 27.5 Å². The number of nitrogens with zero attached hydrogens (tertiary/aromatic N) is 6. The van der Waals surface area contributed by atoms with Crippen molar-refractivity contribution in [2.24, 2.45) is 0 Å². The molecule has 0 bridgehead atoms. The molecule has 0 saturated carbocycles. The Bertz CT molecular complexity index is 1270. The molecule has 1 fully saturated rings. The second kappa shape index (κ2) is 8.36. The van der Waals surface area contributed by atoms with Crippen LogP contribution >= 0.6 is 11.3 Å². The Kier molecular flexibility index (Phi) is 5.40. The maximum absolute atomic E-state index is 15.0. The average Bonchev–Trinajstić information content (AvgIpc) is 3.49. The van der Waals surface area contributed by atoms with Crippen LogP contribution in [0.4, 0.5) is 10.2 Å². The molecule has 0 radical (unpaired) electrons. The number of aromatic nitrogens is 6. The van der Waals surface area contributed by atoms with Gasteiger partial charge in [-0.3, -0.25) is 0 Å². The summed E-state index contributed by atoms with van der Waals surface area (Å²) in [7, 11) is 0. The van der Waals surface area contributed by atoms with E-state index in [1.54, 1.807) is 30.5 Å². The first-order chi connectivity index (χ1) is 15.5. The van der Waals surface area contributed by atoms with Crippen molar-refractivity contribution in [1.29, 1.82) is 0 Å². The van der Waals surface area contributed by atoms with Gasteiger partial charge in [-0.05, 0) is 73.5 Å². The third-order valence-corrected chi connectivity index (χ3v) is 7.20. The monoisotopic (exact) mass is 450 g/mol. The van der Waals surface area contributed by atoms with Gasteiger partial charge in [0.15, 0.2) is 11.6 Å². The van der Waals surface area contributed by atoms with E-state index in [0.29, 0.717) is 22.9 Å². The summed E-state index contributed by atoms with van der Waals surface area (Å²) in [4.78, 5) is 10.0. The lowest BCUT2D eigenvalue weighted by molar-refractivity contribution is 0.459. The Morgan fingerprint density at radius 1 is 1.16 bits per heavy atom. The SMILES string of the molecule is Cc1ccc(-n2nnnc2-c2cc(-c3cnc(C4CCNCC4)s3)cnc2N)c(F)c1C. The van der Waals surface area contributed by atoms with Gasteiger partial charge in [0.05, 0.1) is 15.4 Å². The molecule has 32 heavy (non-hydrogen) atoms. The number of anilines is 1. The smallest absolute Gasteiger partial charge is 0.190 e. The molecule has 8 nitrogen and oxygen atoms in total. The van der Waals surface area contributed by atoms with Gasteiger partial charge in [0, 0.05) is 23.9 Å². The summed E-state index contributed by atoms with van der Waals surface area (Å²) >= 11 is 1.67. The third-order valence-electron chi connectivity index (χ3n) is 5.99. The average molecular weight is 451 g/mol. The molecule has 1 aromatic carbocycles. The molecule has 1 aliphatic rings. The summed E-state index contributed by atoms with van der Waals surface area (Å²) in [6.07, 6.45) is 5.79. The number of hydrogen-bond acceptors (Lipinski definition) is 8. The number of halogens is 1. The van der Waals surface area contributed by atoms with E-state index in [2.05, 4.69) is 30.8 Å². The number of nitrogens with one attached hydrogen (secondary N) is 1. The lowest BCUT2D eigenvalue weighted by Gasteiger charge is -2.20. The predicted molar refractivity (Wildman–Crippen MR) is 122 cm³/mol. The van der Waals surface area contributed by atoms with Crippen LogP contribution in [-0.2, 0) is 0 Å². The van der Waals surface area contributed by atoms with Gasteiger partial charge in [-0.2, -0.15) is 4.68 Å². The van der Waals surface area contributed by atoms with Gasteiger partial charge in [-0.1, -0.05) is 6.07 Å². The van der Waals surface area contributed by atoms with Crippen LogP contribution in [0.5, 0.6) is 0 Å². The van der Waals surface area contributed by atoms with Crippen molar-refractivity contribution in [2.75, 3.05) is 18.8 Å². The Morgan fingerprint density at radius 3 is 2.78 bits per heavy atom. The fourth-order valence-corrected chi connectivity index (χ4v) is 4.98. The van der Waals surface area contributed by atoms with Gasteiger partial charge < -0.3 is 11.1 Å². The van der Waals surface area contributed by atoms with Gasteiger partial charge in [-0.15, -0.1) is 16.4 Å². The van der Waals surface area contributed by atoms with E-state index in [4.69, 9.17) is 5.73 Å². The summed E-state index contributed by atoms with van der Waals surface area (Å²) < 4.78 is 16.3. The first-order valence-electron chi connectivity index (χ1n) is 10.5. The molecular formula is C22H23FN8S. The summed E-state index contributed by atoms with van der Waals surface area (Å²) in [5, 5.41) is 16.4. The lowest BCUT2D eigenvalue weighted by Crippen LogP contribution is -2.26. The number of pyridine rings is 1. The van der Waals surface area contributed by atoms with Crippen molar-refractivity contribution < 1.29 is 4.39 Å². The zero-order chi connectivity index (χ0) is 22.2. The Balaban J connectivity index is 1.53. The zero-order valence-electron chi connectivity index (χ0n) is 17.8. The van der Waals surface area contributed by atoms with E-state index in [9.17, 15) is 4.39 Å². The molecule has 0 atom stereocenters. The molecule has 3 aromatic heterocycles. The second-order valence-corrected chi connectivity index (χ2v) is 9.06. The number of benzene rings is 1. The number of tetrazole rings is 1. The molecule has 1 saturated heterocycles. The number of nitrogen functional groups attached to an aromatic ring is 1. The normalized spacial score (nSPS) is 14.7. The van der Waals surface area contributed by atoms with E-state index in [1.165, 1.54) is 4.68 Å². The standard InChI is InChI=1S/C22H23FN8S/c1-12-3-4-17(19(23)13(12)2)31-21(28-29-30-31)16-9-15(10-26-20(16)24)18-11-27-22(32-18)14-5-7-25-8-6-14/h3-4,9-11,14,25H,5-8H2,1-2H3,(H2,24,26). The summed E-state index contributed by atoms with van der Waals surface area (Å²) in [6.45, 7) is 5.63. The fraction of sp³-hybridized carbons (Fsp3) is 0.318. The molecule has 0 unspecified atom stereocenters. The minimum Gasteiger partial charge on any atom is -0.383 e. The van der Waals surface area contributed by atoms with Gasteiger partial charge in [-0.25, -0.2) is 14.4 Å². The van der Waals surface area contributed by atoms with Gasteiger partial charge >= 0.3 is 0 Å². The van der Waals surface area contributed by atoms with Gasteiger partial charge in [0.1, 0.15) is 11.5 Å². The van der Waals surface area contributed by atoms with Crippen molar-refractivity contribution in [3.8, 4) is 27.5 Å². The number of rotatable bonds is 4.